The van der Waals surface area contributed by atoms with Gasteiger partial charge in [-0.15, -0.1) is 0 Å². The van der Waals surface area contributed by atoms with Crippen molar-refractivity contribution < 1.29 is 9.21 Å². The molecule has 0 radical (unpaired) electrons. The Morgan fingerprint density at radius 2 is 1.95 bits per heavy atom. The van der Waals surface area contributed by atoms with Crippen LogP contribution in [0.4, 0.5) is 0 Å². The molecule has 0 aliphatic rings. The van der Waals surface area contributed by atoms with E-state index in [9.17, 15) is 4.79 Å². The van der Waals surface area contributed by atoms with Gasteiger partial charge in [0.1, 0.15) is 0 Å². The van der Waals surface area contributed by atoms with E-state index in [0.717, 1.165) is 17.7 Å². The summed E-state index contributed by atoms with van der Waals surface area (Å²) in [5.74, 6) is 0.368. The zero-order chi connectivity index (χ0) is 14.4. The number of nitrogens with zero attached hydrogens (tertiary/aromatic N) is 1. The first-order valence-corrected chi connectivity index (χ1v) is 6.62. The fraction of sp³-hybridized carbons (Fsp3) is 0.250. The van der Waals surface area contributed by atoms with Crippen LogP contribution in [0.1, 0.15) is 36.4 Å². The smallest absolute Gasteiger partial charge is 0.307 e. The van der Waals surface area contributed by atoms with Gasteiger partial charge in [0.2, 0.25) is 0 Å². The topological polar surface area (TPSA) is 54.6 Å². The predicted octanol–water partition coefficient (Wildman–Crippen LogP) is 3.46. The van der Waals surface area contributed by atoms with Crippen molar-refractivity contribution in [2.75, 3.05) is 0 Å². The number of benzene rings is 1. The van der Waals surface area contributed by atoms with Crippen molar-refractivity contribution in [1.29, 1.82) is 0 Å². The molecule has 2 rings (SSSR count). The molecular formula is C16H18N2O2. The van der Waals surface area contributed by atoms with Crippen LogP contribution < -0.4 is 5.43 Å². The van der Waals surface area contributed by atoms with Crippen LogP contribution >= 0.6 is 0 Å². The molecule has 1 aromatic heterocycles. The Morgan fingerprint density at radius 1 is 1.20 bits per heavy atom. The average molecular weight is 270 g/mol. The second kappa shape index (κ2) is 6.70. The molecule has 0 fully saturated rings. The molecule has 1 aromatic carbocycles. The minimum Gasteiger partial charge on any atom is -0.459 e. The molecule has 1 heterocycles. The largest absolute Gasteiger partial charge is 0.459 e. The van der Waals surface area contributed by atoms with E-state index in [1.165, 1.54) is 6.26 Å². The highest BCUT2D eigenvalue weighted by Gasteiger charge is 2.10. The highest BCUT2D eigenvalue weighted by molar-refractivity contribution is 6.02. The Kier molecular flexibility index (Phi) is 4.71. The third-order valence-electron chi connectivity index (χ3n) is 2.75. The van der Waals surface area contributed by atoms with Gasteiger partial charge >= 0.3 is 5.91 Å². The molecule has 0 saturated carbocycles. The number of carbonyl (C=O) groups is 1. The second-order valence-electron chi connectivity index (χ2n) is 4.94. The second-order valence-corrected chi connectivity index (χ2v) is 4.94. The number of nitrogens with one attached hydrogen (secondary N) is 1. The van der Waals surface area contributed by atoms with Crippen molar-refractivity contribution in [3.63, 3.8) is 0 Å². The van der Waals surface area contributed by atoms with Gasteiger partial charge in [0.25, 0.3) is 0 Å². The van der Waals surface area contributed by atoms with Crippen molar-refractivity contribution in [2.45, 2.75) is 20.3 Å². The lowest BCUT2D eigenvalue weighted by Gasteiger charge is -2.09. The number of hydrogen-bond donors (Lipinski definition) is 1. The van der Waals surface area contributed by atoms with Gasteiger partial charge in [-0.05, 0) is 30.0 Å². The lowest BCUT2D eigenvalue weighted by atomic mass is 10.0. The normalized spacial score (nSPS) is 11.7. The number of carbonyl (C=O) groups excluding carboxylic acids is 1. The van der Waals surface area contributed by atoms with Gasteiger partial charge in [-0.3, -0.25) is 4.79 Å². The van der Waals surface area contributed by atoms with Crippen LogP contribution in [-0.4, -0.2) is 11.6 Å². The Morgan fingerprint density at radius 3 is 2.55 bits per heavy atom. The maximum absolute atomic E-state index is 11.8. The lowest BCUT2D eigenvalue weighted by Crippen LogP contribution is -2.20. The van der Waals surface area contributed by atoms with Crippen molar-refractivity contribution >= 4 is 11.6 Å². The molecule has 0 bridgehead atoms. The van der Waals surface area contributed by atoms with E-state index in [4.69, 9.17) is 4.42 Å². The number of hydrazone groups is 1. The molecule has 2 aromatic rings. The van der Waals surface area contributed by atoms with Crippen LogP contribution in [0.15, 0.2) is 58.2 Å². The van der Waals surface area contributed by atoms with Crippen LogP contribution in [-0.2, 0) is 0 Å². The monoisotopic (exact) mass is 270 g/mol. The van der Waals surface area contributed by atoms with Crippen molar-refractivity contribution in [3.05, 3.63) is 60.1 Å². The number of furan rings is 1. The summed E-state index contributed by atoms with van der Waals surface area (Å²) in [6.07, 6.45) is 2.26. The van der Waals surface area contributed by atoms with E-state index in [1.807, 2.05) is 30.3 Å². The van der Waals surface area contributed by atoms with Crippen LogP contribution in [0.2, 0.25) is 0 Å². The summed E-state index contributed by atoms with van der Waals surface area (Å²) in [6, 6.07) is 13.1. The SMILES string of the molecule is CC(C)C/C(=N/NC(=O)c1ccco1)c1ccccc1. The fourth-order valence-corrected chi connectivity index (χ4v) is 1.83. The van der Waals surface area contributed by atoms with Crippen molar-refractivity contribution in [3.8, 4) is 0 Å². The molecule has 1 N–H and O–H groups in total. The number of amides is 1. The minimum absolute atomic E-state index is 0.255. The summed E-state index contributed by atoms with van der Waals surface area (Å²) in [5, 5.41) is 4.25. The Balaban J connectivity index is 2.14. The van der Waals surface area contributed by atoms with E-state index in [1.54, 1.807) is 12.1 Å². The molecular weight excluding hydrogens is 252 g/mol. The van der Waals surface area contributed by atoms with E-state index in [0.29, 0.717) is 5.92 Å². The summed E-state index contributed by atoms with van der Waals surface area (Å²) in [5.41, 5.74) is 4.42. The Bertz CT molecular complexity index is 572. The van der Waals surface area contributed by atoms with Gasteiger partial charge in [0.05, 0.1) is 12.0 Å². The summed E-state index contributed by atoms with van der Waals surface area (Å²) in [4.78, 5) is 11.8. The number of hydrogen-bond acceptors (Lipinski definition) is 3. The molecule has 0 aliphatic heterocycles. The van der Waals surface area contributed by atoms with E-state index in [-0.39, 0.29) is 11.7 Å². The van der Waals surface area contributed by atoms with Gasteiger partial charge in [0, 0.05) is 0 Å². The van der Waals surface area contributed by atoms with E-state index in [2.05, 4.69) is 24.4 Å². The zero-order valence-corrected chi connectivity index (χ0v) is 11.7. The zero-order valence-electron chi connectivity index (χ0n) is 11.7. The third-order valence-corrected chi connectivity index (χ3v) is 2.75. The van der Waals surface area contributed by atoms with E-state index >= 15 is 0 Å². The van der Waals surface area contributed by atoms with Crippen LogP contribution in [0, 0.1) is 5.92 Å². The van der Waals surface area contributed by atoms with Gasteiger partial charge in [0.15, 0.2) is 5.76 Å². The Labute approximate surface area is 118 Å². The van der Waals surface area contributed by atoms with Crippen LogP contribution in [0.3, 0.4) is 0 Å². The molecule has 4 nitrogen and oxygen atoms in total. The van der Waals surface area contributed by atoms with Crippen LogP contribution in [0.5, 0.6) is 0 Å². The minimum atomic E-state index is -0.341. The molecule has 4 heteroatoms. The maximum atomic E-state index is 11.8. The molecule has 0 aliphatic carbocycles. The standard InChI is InChI=1S/C16H18N2O2/c1-12(2)11-14(13-7-4-3-5-8-13)17-18-16(19)15-9-6-10-20-15/h3-10,12H,11H2,1-2H3,(H,18,19)/b17-14-. The van der Waals surface area contributed by atoms with Crippen molar-refractivity contribution in [1.82, 2.24) is 5.43 Å². The molecule has 20 heavy (non-hydrogen) atoms. The van der Waals surface area contributed by atoms with Gasteiger partial charge in [-0.2, -0.15) is 5.10 Å². The molecule has 1 amide bonds. The highest BCUT2D eigenvalue weighted by atomic mass is 16.3. The van der Waals surface area contributed by atoms with Gasteiger partial charge < -0.3 is 4.42 Å². The maximum Gasteiger partial charge on any atom is 0.307 e. The molecule has 0 unspecified atom stereocenters. The molecule has 0 atom stereocenters. The quantitative estimate of drug-likeness (QED) is 0.668. The molecule has 0 spiro atoms. The number of rotatable bonds is 5. The third kappa shape index (κ3) is 3.82. The van der Waals surface area contributed by atoms with Gasteiger partial charge in [-0.25, -0.2) is 5.43 Å². The highest BCUT2D eigenvalue weighted by Crippen LogP contribution is 2.10. The van der Waals surface area contributed by atoms with Crippen molar-refractivity contribution in [2.24, 2.45) is 11.0 Å². The first-order valence-electron chi connectivity index (χ1n) is 6.62. The van der Waals surface area contributed by atoms with Gasteiger partial charge in [-0.1, -0.05) is 44.2 Å². The summed E-state index contributed by atoms with van der Waals surface area (Å²) in [7, 11) is 0. The first kappa shape index (κ1) is 14.1. The fourth-order valence-electron chi connectivity index (χ4n) is 1.83. The summed E-state index contributed by atoms with van der Waals surface area (Å²) in [6.45, 7) is 4.24. The van der Waals surface area contributed by atoms with Crippen LogP contribution in [0.25, 0.3) is 0 Å². The lowest BCUT2D eigenvalue weighted by molar-refractivity contribution is 0.0927. The predicted molar refractivity (Wildman–Crippen MR) is 78.6 cm³/mol. The first-order chi connectivity index (χ1) is 9.66. The van der Waals surface area contributed by atoms with E-state index < -0.39 is 0 Å². The summed E-state index contributed by atoms with van der Waals surface area (Å²) < 4.78 is 5.03. The Hall–Kier alpha value is -2.36. The molecule has 104 valence electrons. The molecule has 0 saturated heterocycles. The average Bonchev–Trinajstić information content (AvgIpc) is 2.98. The summed E-state index contributed by atoms with van der Waals surface area (Å²) >= 11 is 0.